The van der Waals surface area contributed by atoms with E-state index in [1.165, 1.54) is 11.6 Å². The van der Waals surface area contributed by atoms with E-state index in [0.29, 0.717) is 23.3 Å². The number of sulfonamides is 1. The predicted molar refractivity (Wildman–Crippen MR) is 141 cm³/mol. The third-order valence-corrected chi connectivity index (χ3v) is 7.90. The predicted octanol–water partition coefficient (Wildman–Crippen LogP) is 4.38. The van der Waals surface area contributed by atoms with Crippen molar-refractivity contribution < 1.29 is 13.2 Å². The van der Waals surface area contributed by atoms with Gasteiger partial charge in [-0.05, 0) is 48.9 Å². The van der Waals surface area contributed by atoms with Crippen LogP contribution < -0.4 is 4.72 Å². The van der Waals surface area contributed by atoms with E-state index in [4.69, 9.17) is 0 Å². The summed E-state index contributed by atoms with van der Waals surface area (Å²) in [6.45, 7) is 5.19. The molecule has 184 valence electrons. The first-order valence-electron chi connectivity index (χ1n) is 11.9. The van der Waals surface area contributed by atoms with Gasteiger partial charge in [-0.15, -0.1) is 0 Å². The second-order valence-electron chi connectivity index (χ2n) is 9.08. The molecule has 7 nitrogen and oxygen atoms in total. The van der Waals surface area contributed by atoms with E-state index in [2.05, 4.69) is 33.7 Å². The van der Waals surface area contributed by atoms with Crippen molar-refractivity contribution in [2.75, 3.05) is 24.4 Å². The van der Waals surface area contributed by atoms with Crippen LogP contribution in [0.4, 0.5) is 5.69 Å². The number of hydrogen-bond acceptors (Lipinski definition) is 5. The summed E-state index contributed by atoms with van der Waals surface area (Å²) in [6, 6.07) is 25.7. The number of hydrogen-bond donors (Lipinski definition) is 1. The Morgan fingerprint density at radius 1 is 0.944 bits per heavy atom. The van der Waals surface area contributed by atoms with Crippen LogP contribution in [0.1, 0.15) is 22.8 Å². The van der Waals surface area contributed by atoms with E-state index in [1.807, 2.05) is 35.2 Å². The topological polar surface area (TPSA) is 82.6 Å². The Morgan fingerprint density at radius 2 is 1.69 bits per heavy atom. The molecule has 5 rings (SSSR count). The van der Waals surface area contributed by atoms with Crippen molar-refractivity contribution in [1.29, 1.82) is 0 Å². The van der Waals surface area contributed by atoms with Gasteiger partial charge < -0.3 is 4.90 Å². The van der Waals surface area contributed by atoms with E-state index in [1.54, 1.807) is 42.6 Å². The summed E-state index contributed by atoms with van der Waals surface area (Å²) in [5.74, 6) is -0.0467. The zero-order valence-corrected chi connectivity index (χ0v) is 20.9. The lowest BCUT2D eigenvalue weighted by molar-refractivity contribution is 0.0475. The number of anilines is 1. The number of pyridine rings is 1. The van der Waals surface area contributed by atoms with Gasteiger partial charge >= 0.3 is 0 Å². The molecule has 0 spiro atoms. The van der Waals surface area contributed by atoms with Crippen LogP contribution in [0.3, 0.4) is 0 Å². The number of rotatable bonds is 6. The molecule has 0 bridgehead atoms. The number of nitrogens with one attached hydrogen (secondary N) is 1. The maximum Gasteiger partial charge on any atom is 0.264 e. The molecule has 1 amide bonds. The highest BCUT2D eigenvalue weighted by Gasteiger charge is 2.28. The lowest BCUT2D eigenvalue weighted by atomic mass is 10.1. The first-order chi connectivity index (χ1) is 17.4. The fourth-order valence-electron chi connectivity index (χ4n) is 4.67. The third-order valence-electron chi connectivity index (χ3n) is 6.49. The number of amides is 1. The number of carbonyl (C=O) groups excluding carboxylic acids is 1. The number of carbonyl (C=O) groups is 1. The van der Waals surface area contributed by atoms with Crippen LogP contribution in [0.15, 0.2) is 96.0 Å². The highest BCUT2D eigenvalue weighted by Crippen LogP contribution is 2.24. The summed E-state index contributed by atoms with van der Waals surface area (Å²) in [7, 11) is -3.85. The van der Waals surface area contributed by atoms with Gasteiger partial charge in [0.15, 0.2) is 0 Å². The highest BCUT2D eigenvalue weighted by molar-refractivity contribution is 7.93. The lowest BCUT2D eigenvalue weighted by Gasteiger charge is -2.40. The lowest BCUT2D eigenvalue weighted by Crippen LogP contribution is -2.53. The zero-order chi connectivity index (χ0) is 25.1. The number of fused-ring (bicyclic) bond motifs is 1. The monoisotopic (exact) mass is 500 g/mol. The van der Waals surface area contributed by atoms with Gasteiger partial charge in [-0.1, -0.05) is 48.5 Å². The Labute approximate surface area is 211 Å². The number of para-hydroxylation sites is 1. The minimum absolute atomic E-state index is 0.0467. The van der Waals surface area contributed by atoms with Crippen LogP contribution in [0.2, 0.25) is 0 Å². The van der Waals surface area contributed by atoms with Gasteiger partial charge in [-0.2, -0.15) is 0 Å². The van der Waals surface area contributed by atoms with Gasteiger partial charge in [0.2, 0.25) is 0 Å². The second-order valence-corrected chi connectivity index (χ2v) is 10.7. The van der Waals surface area contributed by atoms with Crippen molar-refractivity contribution in [2.45, 2.75) is 24.4 Å². The molecule has 1 N–H and O–H groups in total. The van der Waals surface area contributed by atoms with Crippen molar-refractivity contribution in [3.05, 3.63) is 102 Å². The molecule has 0 radical (unpaired) electrons. The average Bonchev–Trinajstić information content (AvgIpc) is 2.89. The molecule has 8 heteroatoms. The minimum atomic E-state index is -3.85. The van der Waals surface area contributed by atoms with Crippen LogP contribution in [-0.4, -0.2) is 54.8 Å². The van der Waals surface area contributed by atoms with Crippen LogP contribution in [0, 0.1) is 0 Å². The molecule has 2 heterocycles. The molecular formula is C28H28N4O3S. The SMILES string of the molecule is C[C@@H]1CN(Cc2ccccc2)CCN1C(=O)c1ccc(NS(=O)(=O)c2cccc3cccnc23)cc1. The summed E-state index contributed by atoms with van der Waals surface area (Å²) in [6.07, 6.45) is 1.57. The standard InChI is InChI=1S/C28H28N4O3S/c1-21-19-31(20-22-7-3-2-4-8-22)17-18-32(21)28(33)24-12-14-25(15-13-24)30-36(34,35)26-11-5-9-23-10-6-16-29-27(23)26/h2-16,21,30H,17-20H2,1H3/t21-/m1/s1. The zero-order valence-electron chi connectivity index (χ0n) is 20.0. The quantitative estimate of drug-likeness (QED) is 0.425. The van der Waals surface area contributed by atoms with Crippen molar-refractivity contribution in [2.24, 2.45) is 0 Å². The molecule has 0 unspecified atom stereocenters. The van der Waals surface area contributed by atoms with Gasteiger partial charge in [0.25, 0.3) is 15.9 Å². The molecule has 4 aromatic rings. The summed E-state index contributed by atoms with van der Waals surface area (Å²) in [5.41, 5.74) is 2.61. The Kier molecular flexibility index (Phi) is 6.71. The van der Waals surface area contributed by atoms with Gasteiger partial charge in [-0.25, -0.2) is 8.42 Å². The van der Waals surface area contributed by atoms with Crippen molar-refractivity contribution in [3.8, 4) is 0 Å². The smallest absolute Gasteiger partial charge is 0.264 e. The fourth-order valence-corrected chi connectivity index (χ4v) is 5.91. The first kappa shape index (κ1) is 24.0. The number of nitrogens with zero attached hydrogens (tertiary/aromatic N) is 3. The molecule has 1 fully saturated rings. The Hall–Kier alpha value is -3.75. The second kappa shape index (κ2) is 10.1. The van der Waals surface area contributed by atoms with Crippen LogP contribution >= 0.6 is 0 Å². The first-order valence-corrected chi connectivity index (χ1v) is 13.4. The van der Waals surface area contributed by atoms with E-state index >= 15 is 0 Å². The van der Waals surface area contributed by atoms with Crippen LogP contribution in [0.5, 0.6) is 0 Å². The molecule has 1 aromatic heterocycles. The van der Waals surface area contributed by atoms with Crippen LogP contribution in [0.25, 0.3) is 10.9 Å². The normalized spacial score (nSPS) is 16.7. The maximum absolute atomic E-state index is 13.2. The number of benzene rings is 3. The summed E-state index contributed by atoms with van der Waals surface area (Å²) >= 11 is 0. The molecule has 0 saturated carbocycles. The fraction of sp³-hybridized carbons (Fsp3) is 0.214. The van der Waals surface area contributed by atoms with E-state index < -0.39 is 10.0 Å². The van der Waals surface area contributed by atoms with Gasteiger partial charge in [-0.3, -0.25) is 19.4 Å². The average molecular weight is 501 g/mol. The van der Waals surface area contributed by atoms with Crippen LogP contribution in [-0.2, 0) is 16.6 Å². The highest BCUT2D eigenvalue weighted by atomic mass is 32.2. The largest absolute Gasteiger partial charge is 0.333 e. The Morgan fingerprint density at radius 3 is 2.44 bits per heavy atom. The van der Waals surface area contributed by atoms with Gasteiger partial charge in [0.05, 0.1) is 5.52 Å². The summed E-state index contributed by atoms with van der Waals surface area (Å²) < 4.78 is 28.7. The molecular weight excluding hydrogens is 472 g/mol. The molecule has 1 saturated heterocycles. The number of piperazine rings is 1. The molecule has 0 aliphatic carbocycles. The van der Waals surface area contributed by atoms with Crippen molar-refractivity contribution in [1.82, 2.24) is 14.8 Å². The maximum atomic E-state index is 13.2. The van der Waals surface area contributed by atoms with Crippen molar-refractivity contribution >= 4 is 32.5 Å². The van der Waals surface area contributed by atoms with E-state index in [-0.39, 0.29) is 16.8 Å². The summed E-state index contributed by atoms with van der Waals surface area (Å²) in [4.78, 5) is 21.8. The number of aromatic nitrogens is 1. The summed E-state index contributed by atoms with van der Waals surface area (Å²) in [5, 5.41) is 0.749. The van der Waals surface area contributed by atoms with Gasteiger partial charge in [0, 0.05) is 55.1 Å². The molecule has 36 heavy (non-hydrogen) atoms. The molecule has 1 aliphatic rings. The molecule has 3 aromatic carbocycles. The Balaban J connectivity index is 1.25. The van der Waals surface area contributed by atoms with Crippen molar-refractivity contribution in [3.63, 3.8) is 0 Å². The van der Waals surface area contributed by atoms with Gasteiger partial charge in [0.1, 0.15) is 4.90 Å². The van der Waals surface area contributed by atoms with E-state index in [0.717, 1.165) is 25.0 Å². The molecule has 1 aliphatic heterocycles. The Bertz CT molecular complexity index is 1470. The van der Waals surface area contributed by atoms with E-state index in [9.17, 15) is 13.2 Å². The minimum Gasteiger partial charge on any atom is -0.333 e. The molecule has 1 atom stereocenters. The third kappa shape index (κ3) is 5.10.